The summed E-state index contributed by atoms with van der Waals surface area (Å²) >= 11 is 0. The number of rotatable bonds is 9. The van der Waals surface area contributed by atoms with Gasteiger partial charge >= 0.3 is 0 Å². The summed E-state index contributed by atoms with van der Waals surface area (Å²) in [5.74, 6) is 0.680. The molecule has 0 saturated carbocycles. The highest BCUT2D eigenvalue weighted by molar-refractivity contribution is 5.99. The molecule has 0 aliphatic carbocycles. The topological polar surface area (TPSA) is 86.3 Å². The monoisotopic (exact) mass is 282 g/mol. The van der Waals surface area contributed by atoms with Crippen LogP contribution in [0.15, 0.2) is 23.4 Å². The van der Waals surface area contributed by atoms with Crippen LogP contribution in [-0.4, -0.2) is 44.6 Å². The predicted octanol–water partition coefficient (Wildman–Crippen LogP) is 1.52. The lowest BCUT2D eigenvalue weighted by atomic mass is 10.1. The molecule has 0 aromatic heterocycles. The Labute approximate surface area is 119 Å². The maximum atomic E-state index is 8.77. The van der Waals surface area contributed by atoms with E-state index in [4.69, 9.17) is 25.2 Å². The number of hydrogen-bond donors (Lipinski definition) is 2. The standard InChI is InChI=1S/C14H22N2O4/c1-11-5-3-6-12(14(15)16-17)13(11)20-8-4-7-19-10-9-18-2/h3,5-6,17H,4,7-10H2,1-2H3,(H2,15,16). The minimum Gasteiger partial charge on any atom is -0.492 e. The van der Waals surface area contributed by atoms with Gasteiger partial charge < -0.3 is 25.2 Å². The summed E-state index contributed by atoms with van der Waals surface area (Å²) in [4.78, 5) is 0. The highest BCUT2D eigenvalue weighted by atomic mass is 16.5. The summed E-state index contributed by atoms with van der Waals surface area (Å²) in [5.41, 5.74) is 7.16. The molecule has 0 spiro atoms. The van der Waals surface area contributed by atoms with Crippen molar-refractivity contribution in [3.05, 3.63) is 29.3 Å². The third-order valence-corrected chi connectivity index (χ3v) is 2.71. The second-order valence-electron chi connectivity index (χ2n) is 4.24. The first-order valence-electron chi connectivity index (χ1n) is 6.47. The van der Waals surface area contributed by atoms with Crippen LogP contribution in [0.4, 0.5) is 0 Å². The summed E-state index contributed by atoms with van der Waals surface area (Å²) in [7, 11) is 1.64. The first kappa shape index (κ1) is 16.3. The number of nitrogens with zero attached hydrogens (tertiary/aromatic N) is 1. The molecule has 1 aromatic carbocycles. The van der Waals surface area contributed by atoms with Gasteiger partial charge in [0.2, 0.25) is 0 Å². The largest absolute Gasteiger partial charge is 0.492 e. The van der Waals surface area contributed by atoms with Crippen molar-refractivity contribution in [1.82, 2.24) is 0 Å². The van der Waals surface area contributed by atoms with Crippen molar-refractivity contribution in [2.45, 2.75) is 13.3 Å². The van der Waals surface area contributed by atoms with Gasteiger partial charge in [0.25, 0.3) is 0 Å². The molecule has 0 heterocycles. The lowest BCUT2D eigenvalue weighted by Gasteiger charge is -2.13. The van der Waals surface area contributed by atoms with Crippen molar-refractivity contribution < 1.29 is 19.4 Å². The number of para-hydroxylation sites is 1. The number of amidine groups is 1. The summed E-state index contributed by atoms with van der Waals surface area (Å²) in [6, 6.07) is 5.51. The zero-order valence-electron chi connectivity index (χ0n) is 12.0. The maximum Gasteiger partial charge on any atom is 0.173 e. The summed E-state index contributed by atoms with van der Waals surface area (Å²) in [6.45, 7) is 4.19. The van der Waals surface area contributed by atoms with Gasteiger partial charge in [0.05, 0.1) is 25.4 Å². The highest BCUT2D eigenvalue weighted by Crippen LogP contribution is 2.23. The molecule has 112 valence electrons. The molecular formula is C14H22N2O4. The Morgan fingerprint density at radius 1 is 1.25 bits per heavy atom. The van der Waals surface area contributed by atoms with Crippen molar-refractivity contribution in [3.63, 3.8) is 0 Å². The van der Waals surface area contributed by atoms with Gasteiger partial charge in [-0.3, -0.25) is 0 Å². The molecule has 6 heteroatoms. The minimum absolute atomic E-state index is 0.0417. The second-order valence-corrected chi connectivity index (χ2v) is 4.24. The molecule has 0 unspecified atom stereocenters. The van der Waals surface area contributed by atoms with Gasteiger partial charge in [-0.25, -0.2) is 0 Å². The van der Waals surface area contributed by atoms with Gasteiger partial charge in [-0.15, -0.1) is 0 Å². The van der Waals surface area contributed by atoms with Crippen LogP contribution in [0.3, 0.4) is 0 Å². The molecular weight excluding hydrogens is 260 g/mol. The molecule has 0 amide bonds. The van der Waals surface area contributed by atoms with Crippen LogP contribution in [0.2, 0.25) is 0 Å². The molecule has 0 saturated heterocycles. The average molecular weight is 282 g/mol. The number of hydrogen-bond acceptors (Lipinski definition) is 5. The lowest BCUT2D eigenvalue weighted by molar-refractivity contribution is 0.0644. The molecule has 1 rings (SSSR count). The van der Waals surface area contributed by atoms with Gasteiger partial charge in [-0.05, 0) is 18.6 Å². The van der Waals surface area contributed by atoms with Crippen LogP contribution in [0.25, 0.3) is 0 Å². The third kappa shape index (κ3) is 5.07. The van der Waals surface area contributed by atoms with E-state index in [1.54, 1.807) is 13.2 Å². The van der Waals surface area contributed by atoms with Gasteiger partial charge in [-0.1, -0.05) is 17.3 Å². The van der Waals surface area contributed by atoms with Crippen LogP contribution in [0.1, 0.15) is 17.5 Å². The van der Waals surface area contributed by atoms with Gasteiger partial charge in [0, 0.05) is 20.1 Å². The van der Waals surface area contributed by atoms with E-state index >= 15 is 0 Å². The average Bonchev–Trinajstić information content (AvgIpc) is 2.46. The SMILES string of the molecule is COCCOCCCOc1c(C)cccc1/C(N)=N/O. The lowest BCUT2D eigenvalue weighted by Crippen LogP contribution is -2.16. The Morgan fingerprint density at radius 3 is 2.75 bits per heavy atom. The molecule has 20 heavy (non-hydrogen) atoms. The molecule has 0 radical (unpaired) electrons. The fourth-order valence-corrected chi connectivity index (χ4v) is 1.68. The van der Waals surface area contributed by atoms with Crippen molar-refractivity contribution in [2.75, 3.05) is 33.5 Å². The molecule has 0 atom stereocenters. The first-order chi connectivity index (χ1) is 9.70. The van der Waals surface area contributed by atoms with E-state index in [2.05, 4.69) is 5.16 Å². The highest BCUT2D eigenvalue weighted by Gasteiger charge is 2.10. The van der Waals surface area contributed by atoms with Crippen LogP contribution in [-0.2, 0) is 9.47 Å². The van der Waals surface area contributed by atoms with Gasteiger partial charge in [-0.2, -0.15) is 0 Å². The van der Waals surface area contributed by atoms with Gasteiger partial charge in [0.15, 0.2) is 5.84 Å². The predicted molar refractivity (Wildman–Crippen MR) is 76.5 cm³/mol. The number of methoxy groups -OCH3 is 1. The van der Waals surface area contributed by atoms with E-state index in [0.29, 0.717) is 37.7 Å². The second kappa shape index (κ2) is 9.17. The minimum atomic E-state index is 0.0417. The normalized spacial score (nSPS) is 11.6. The number of benzene rings is 1. The number of ether oxygens (including phenoxy) is 3. The van der Waals surface area contributed by atoms with Crippen molar-refractivity contribution in [1.29, 1.82) is 0 Å². The van der Waals surface area contributed by atoms with Crippen LogP contribution >= 0.6 is 0 Å². The number of oxime groups is 1. The molecule has 0 aliphatic rings. The maximum absolute atomic E-state index is 8.77. The Bertz CT molecular complexity index is 435. The van der Waals surface area contributed by atoms with E-state index < -0.39 is 0 Å². The third-order valence-electron chi connectivity index (χ3n) is 2.71. The van der Waals surface area contributed by atoms with Crippen molar-refractivity contribution in [2.24, 2.45) is 10.9 Å². The molecule has 1 aromatic rings. The summed E-state index contributed by atoms with van der Waals surface area (Å²) < 4.78 is 15.9. The van der Waals surface area contributed by atoms with E-state index in [1.807, 2.05) is 19.1 Å². The van der Waals surface area contributed by atoms with E-state index in [-0.39, 0.29) is 5.84 Å². The van der Waals surface area contributed by atoms with Crippen LogP contribution in [0, 0.1) is 6.92 Å². The number of nitrogens with two attached hydrogens (primary N) is 1. The van der Waals surface area contributed by atoms with E-state index in [9.17, 15) is 0 Å². The van der Waals surface area contributed by atoms with E-state index in [1.165, 1.54) is 0 Å². The summed E-state index contributed by atoms with van der Waals surface area (Å²) in [5, 5.41) is 11.8. The van der Waals surface area contributed by atoms with Crippen LogP contribution < -0.4 is 10.5 Å². The Kier molecular flexibility index (Phi) is 7.46. The molecule has 3 N–H and O–H groups in total. The Hall–Kier alpha value is -1.79. The Morgan fingerprint density at radius 2 is 2.05 bits per heavy atom. The zero-order chi connectivity index (χ0) is 14.8. The quantitative estimate of drug-likeness (QED) is 0.236. The summed E-state index contributed by atoms with van der Waals surface area (Å²) in [6.07, 6.45) is 0.758. The van der Waals surface area contributed by atoms with Crippen molar-refractivity contribution >= 4 is 5.84 Å². The smallest absolute Gasteiger partial charge is 0.173 e. The van der Waals surface area contributed by atoms with Crippen molar-refractivity contribution in [3.8, 4) is 5.75 Å². The molecule has 6 nitrogen and oxygen atoms in total. The Balaban J connectivity index is 2.47. The molecule has 0 fully saturated rings. The fourth-order valence-electron chi connectivity index (χ4n) is 1.68. The zero-order valence-corrected chi connectivity index (χ0v) is 12.0. The van der Waals surface area contributed by atoms with E-state index in [0.717, 1.165) is 12.0 Å². The molecule has 0 bridgehead atoms. The number of aryl methyl sites for hydroxylation is 1. The fraction of sp³-hybridized carbons (Fsp3) is 0.500. The van der Waals surface area contributed by atoms with Crippen LogP contribution in [0.5, 0.6) is 5.75 Å². The first-order valence-corrected chi connectivity index (χ1v) is 6.47. The molecule has 0 aliphatic heterocycles. The van der Waals surface area contributed by atoms with Gasteiger partial charge in [0.1, 0.15) is 5.75 Å².